The van der Waals surface area contributed by atoms with E-state index in [2.05, 4.69) is 23.2 Å². The van der Waals surface area contributed by atoms with E-state index in [-0.39, 0.29) is 5.97 Å². The third-order valence-corrected chi connectivity index (χ3v) is 3.22. The Balaban J connectivity index is 2.32. The van der Waals surface area contributed by atoms with Crippen LogP contribution in [0.5, 0.6) is 0 Å². The average molecular weight is 257 g/mol. The fraction of sp³-hybridized carbons (Fsp3) is 0.583. The second-order valence-corrected chi connectivity index (χ2v) is 4.90. The maximum atomic E-state index is 11.2. The van der Waals surface area contributed by atoms with E-state index in [4.69, 9.17) is 4.42 Å². The summed E-state index contributed by atoms with van der Waals surface area (Å²) in [5, 5.41) is 3.30. The minimum absolute atomic E-state index is 0.365. The Morgan fingerprint density at radius 3 is 3.06 bits per heavy atom. The molecule has 0 radical (unpaired) electrons. The van der Waals surface area contributed by atoms with Crippen molar-refractivity contribution in [3.8, 4) is 0 Å². The van der Waals surface area contributed by atoms with Gasteiger partial charge >= 0.3 is 5.97 Å². The lowest BCUT2D eigenvalue weighted by Gasteiger charge is -2.09. The number of esters is 1. The van der Waals surface area contributed by atoms with Gasteiger partial charge < -0.3 is 14.5 Å². The molecule has 0 saturated heterocycles. The van der Waals surface area contributed by atoms with Gasteiger partial charge in [0.2, 0.25) is 0 Å². The summed E-state index contributed by atoms with van der Waals surface area (Å²) in [5.74, 6) is 2.15. The van der Waals surface area contributed by atoms with Crippen molar-refractivity contribution >= 4 is 17.7 Å². The van der Waals surface area contributed by atoms with E-state index in [0.717, 1.165) is 18.1 Å². The molecule has 1 aromatic rings. The maximum absolute atomic E-state index is 11.2. The Kier molecular flexibility index (Phi) is 6.15. The molecular weight excluding hydrogens is 238 g/mol. The van der Waals surface area contributed by atoms with Gasteiger partial charge in [-0.3, -0.25) is 0 Å². The van der Waals surface area contributed by atoms with Crippen molar-refractivity contribution in [2.24, 2.45) is 5.92 Å². The highest BCUT2D eigenvalue weighted by molar-refractivity contribution is 7.98. The summed E-state index contributed by atoms with van der Waals surface area (Å²) >= 11 is 1.84. The largest absolute Gasteiger partial charge is 0.467 e. The highest BCUT2D eigenvalue weighted by Gasteiger charge is 2.10. The summed E-state index contributed by atoms with van der Waals surface area (Å²) in [5.41, 5.74) is 0.460. The fourth-order valence-electron chi connectivity index (χ4n) is 1.48. The highest BCUT2D eigenvalue weighted by atomic mass is 32.2. The second-order valence-electron chi connectivity index (χ2n) is 3.98. The first-order valence-corrected chi connectivity index (χ1v) is 6.92. The molecule has 1 N–H and O–H groups in total. The number of hydrogen-bond donors (Lipinski definition) is 1. The number of rotatable bonds is 7. The molecule has 96 valence electrons. The van der Waals surface area contributed by atoms with Gasteiger partial charge in [0.05, 0.1) is 19.2 Å². The van der Waals surface area contributed by atoms with Crippen LogP contribution in [0, 0.1) is 5.92 Å². The van der Waals surface area contributed by atoms with E-state index in [9.17, 15) is 4.79 Å². The SMILES string of the molecule is COC(=O)c1coc(CNCC(C)CSC)c1. The molecule has 0 spiro atoms. The molecule has 17 heavy (non-hydrogen) atoms. The number of furan rings is 1. The predicted molar refractivity (Wildman–Crippen MR) is 69.3 cm³/mol. The van der Waals surface area contributed by atoms with Gasteiger partial charge in [0, 0.05) is 0 Å². The fourth-order valence-corrected chi connectivity index (χ4v) is 2.17. The van der Waals surface area contributed by atoms with E-state index in [1.54, 1.807) is 6.07 Å². The van der Waals surface area contributed by atoms with Crippen LogP contribution in [0.2, 0.25) is 0 Å². The van der Waals surface area contributed by atoms with Crippen molar-refractivity contribution in [2.45, 2.75) is 13.5 Å². The first-order valence-electron chi connectivity index (χ1n) is 5.52. The van der Waals surface area contributed by atoms with Crippen LogP contribution in [0.4, 0.5) is 0 Å². The Morgan fingerprint density at radius 2 is 2.41 bits per heavy atom. The van der Waals surface area contributed by atoms with Crippen LogP contribution in [0.15, 0.2) is 16.7 Å². The molecule has 1 atom stereocenters. The third kappa shape index (κ3) is 4.83. The number of ether oxygens (including phenoxy) is 1. The maximum Gasteiger partial charge on any atom is 0.341 e. The Bertz CT molecular complexity index is 351. The smallest absolute Gasteiger partial charge is 0.341 e. The molecular formula is C12H19NO3S. The van der Waals surface area contributed by atoms with Crippen molar-refractivity contribution in [2.75, 3.05) is 25.7 Å². The van der Waals surface area contributed by atoms with E-state index >= 15 is 0 Å². The van der Waals surface area contributed by atoms with Crippen LogP contribution in [-0.2, 0) is 11.3 Å². The predicted octanol–water partition coefficient (Wildman–Crippen LogP) is 2.15. The molecule has 0 saturated carbocycles. The van der Waals surface area contributed by atoms with Crippen LogP contribution in [0.25, 0.3) is 0 Å². The highest BCUT2D eigenvalue weighted by Crippen LogP contribution is 2.09. The van der Waals surface area contributed by atoms with Gasteiger partial charge in [-0.15, -0.1) is 0 Å². The zero-order valence-corrected chi connectivity index (χ0v) is 11.3. The van der Waals surface area contributed by atoms with Crippen LogP contribution in [0.1, 0.15) is 23.0 Å². The number of hydrogen-bond acceptors (Lipinski definition) is 5. The summed E-state index contributed by atoms with van der Waals surface area (Å²) in [7, 11) is 1.36. The van der Waals surface area contributed by atoms with Crippen molar-refractivity contribution < 1.29 is 13.9 Å². The summed E-state index contributed by atoms with van der Waals surface area (Å²) in [4.78, 5) is 11.2. The quantitative estimate of drug-likeness (QED) is 0.759. The zero-order valence-electron chi connectivity index (χ0n) is 10.5. The Labute approximate surface area is 106 Å². The van der Waals surface area contributed by atoms with Crippen molar-refractivity contribution in [1.82, 2.24) is 5.32 Å². The summed E-state index contributed by atoms with van der Waals surface area (Å²) in [6, 6.07) is 1.71. The number of carbonyl (C=O) groups excluding carboxylic acids is 1. The number of methoxy groups -OCH3 is 1. The van der Waals surface area contributed by atoms with Crippen LogP contribution < -0.4 is 5.32 Å². The van der Waals surface area contributed by atoms with Crippen molar-refractivity contribution in [3.05, 3.63) is 23.7 Å². The molecule has 1 aromatic heterocycles. The monoisotopic (exact) mass is 257 g/mol. The van der Waals surface area contributed by atoms with Crippen molar-refractivity contribution in [1.29, 1.82) is 0 Å². The summed E-state index contributed by atoms with van der Waals surface area (Å²) in [6.07, 6.45) is 3.53. The standard InChI is InChI=1S/C12H19NO3S/c1-9(8-17-3)5-13-6-11-4-10(7-16-11)12(14)15-2/h4,7,9,13H,5-6,8H2,1-3H3. The van der Waals surface area contributed by atoms with Gasteiger partial charge in [0.25, 0.3) is 0 Å². The van der Waals surface area contributed by atoms with E-state index < -0.39 is 0 Å². The van der Waals surface area contributed by atoms with Gasteiger partial charge in [-0.1, -0.05) is 6.92 Å². The first kappa shape index (κ1) is 14.1. The summed E-state index contributed by atoms with van der Waals surface area (Å²) in [6.45, 7) is 3.77. The molecule has 0 aliphatic carbocycles. The van der Waals surface area contributed by atoms with Gasteiger partial charge in [-0.05, 0) is 30.5 Å². The molecule has 0 fully saturated rings. The number of nitrogens with one attached hydrogen (secondary N) is 1. The lowest BCUT2D eigenvalue weighted by molar-refractivity contribution is 0.0600. The normalized spacial score (nSPS) is 12.4. The molecule has 1 rings (SSSR count). The summed E-state index contributed by atoms with van der Waals surface area (Å²) < 4.78 is 9.86. The van der Waals surface area contributed by atoms with Gasteiger partial charge in [-0.25, -0.2) is 4.79 Å². The molecule has 0 aliphatic heterocycles. The van der Waals surface area contributed by atoms with E-state index in [1.807, 2.05) is 11.8 Å². The van der Waals surface area contributed by atoms with Gasteiger partial charge in [0.1, 0.15) is 12.0 Å². The van der Waals surface area contributed by atoms with Crippen molar-refractivity contribution in [3.63, 3.8) is 0 Å². The van der Waals surface area contributed by atoms with Crippen LogP contribution in [0.3, 0.4) is 0 Å². The Morgan fingerprint density at radius 1 is 1.65 bits per heavy atom. The minimum Gasteiger partial charge on any atom is -0.467 e. The molecule has 0 bridgehead atoms. The Hall–Kier alpha value is -0.940. The topological polar surface area (TPSA) is 51.5 Å². The van der Waals surface area contributed by atoms with Gasteiger partial charge in [0.15, 0.2) is 0 Å². The molecule has 1 heterocycles. The number of carbonyl (C=O) groups is 1. The lowest BCUT2D eigenvalue weighted by atomic mass is 10.2. The number of thioether (sulfide) groups is 1. The van der Waals surface area contributed by atoms with E-state index in [0.29, 0.717) is 18.0 Å². The molecule has 0 aromatic carbocycles. The third-order valence-electron chi connectivity index (χ3n) is 2.32. The molecule has 0 aliphatic rings. The molecule has 5 heteroatoms. The van der Waals surface area contributed by atoms with Gasteiger partial charge in [-0.2, -0.15) is 11.8 Å². The van der Waals surface area contributed by atoms with Crippen LogP contribution in [-0.4, -0.2) is 31.6 Å². The minimum atomic E-state index is -0.365. The first-order chi connectivity index (χ1) is 8.17. The second kappa shape index (κ2) is 7.40. The zero-order chi connectivity index (χ0) is 12.7. The molecule has 1 unspecified atom stereocenters. The van der Waals surface area contributed by atoms with E-state index in [1.165, 1.54) is 13.4 Å². The molecule has 0 amide bonds. The average Bonchev–Trinajstić information content (AvgIpc) is 2.77. The molecule has 4 nitrogen and oxygen atoms in total. The lowest BCUT2D eigenvalue weighted by Crippen LogP contribution is -2.21. The van der Waals surface area contributed by atoms with Crippen LogP contribution >= 0.6 is 11.8 Å².